The zero-order chi connectivity index (χ0) is 21.1. The summed E-state index contributed by atoms with van der Waals surface area (Å²) in [5.74, 6) is 1.13. The van der Waals surface area contributed by atoms with Crippen molar-refractivity contribution in [2.24, 2.45) is 4.99 Å². The summed E-state index contributed by atoms with van der Waals surface area (Å²) < 4.78 is 10.4. The molecule has 2 aromatic rings. The minimum absolute atomic E-state index is 0.257. The molecule has 0 aliphatic carbocycles. The van der Waals surface area contributed by atoms with E-state index in [1.54, 1.807) is 37.6 Å². The molecule has 1 aromatic heterocycles. The summed E-state index contributed by atoms with van der Waals surface area (Å²) in [7, 11) is 1.62. The smallest absolute Gasteiger partial charge is 0.213 e. The molecule has 0 amide bonds. The zero-order valence-electron chi connectivity index (χ0n) is 16.5. The number of hydrogen-bond acceptors (Lipinski definition) is 5. The number of nitrogens with one attached hydrogen (secondary N) is 2. The Hall–Kier alpha value is -2.06. The first-order valence-corrected chi connectivity index (χ1v) is 10.00. The summed E-state index contributed by atoms with van der Waals surface area (Å²) in [5.41, 5.74) is 1.57. The van der Waals surface area contributed by atoms with Gasteiger partial charge < -0.3 is 25.2 Å². The minimum atomic E-state index is -0.778. The van der Waals surface area contributed by atoms with E-state index in [0.29, 0.717) is 53.8 Å². The fourth-order valence-electron chi connectivity index (χ4n) is 2.41. The van der Waals surface area contributed by atoms with Gasteiger partial charge in [-0.1, -0.05) is 29.3 Å². The van der Waals surface area contributed by atoms with Gasteiger partial charge in [0.15, 0.2) is 5.96 Å². The van der Waals surface area contributed by atoms with Gasteiger partial charge in [-0.05, 0) is 36.2 Å². The van der Waals surface area contributed by atoms with Crippen LogP contribution in [0.3, 0.4) is 0 Å². The predicted octanol–water partition coefficient (Wildman–Crippen LogP) is 3.20. The molecule has 0 aliphatic rings. The Balaban J connectivity index is 1.91. The van der Waals surface area contributed by atoms with Gasteiger partial charge in [-0.3, -0.25) is 0 Å². The summed E-state index contributed by atoms with van der Waals surface area (Å²) in [6.07, 6.45) is 0.943. The first kappa shape index (κ1) is 23.2. The molecule has 9 heteroatoms. The quantitative estimate of drug-likeness (QED) is 0.298. The SMILES string of the molecule is CCNC(=NCc1ccc(OCCOC)nc1)NCC(O)c1cc(Cl)cc(Cl)c1. The summed E-state index contributed by atoms with van der Waals surface area (Å²) in [6.45, 7) is 4.31. The van der Waals surface area contributed by atoms with Crippen molar-refractivity contribution < 1.29 is 14.6 Å². The Kier molecular flexibility index (Phi) is 10.0. The number of hydrogen-bond donors (Lipinski definition) is 3. The monoisotopic (exact) mass is 440 g/mol. The molecule has 158 valence electrons. The lowest BCUT2D eigenvalue weighted by Gasteiger charge is -2.16. The van der Waals surface area contributed by atoms with Crippen LogP contribution in [-0.4, -0.2) is 49.5 Å². The third-order valence-corrected chi connectivity index (χ3v) is 4.27. The van der Waals surface area contributed by atoms with Crippen molar-refractivity contribution in [2.75, 3.05) is 33.4 Å². The first-order valence-electron chi connectivity index (χ1n) is 9.24. The van der Waals surface area contributed by atoms with E-state index in [4.69, 9.17) is 32.7 Å². The molecule has 29 heavy (non-hydrogen) atoms. The average Bonchev–Trinajstić information content (AvgIpc) is 2.70. The second-order valence-electron chi connectivity index (χ2n) is 6.14. The summed E-state index contributed by atoms with van der Waals surface area (Å²) in [4.78, 5) is 8.77. The molecule has 0 spiro atoms. The number of aliphatic imine (C=N–C) groups is 1. The zero-order valence-corrected chi connectivity index (χ0v) is 18.0. The number of benzene rings is 1. The van der Waals surface area contributed by atoms with Gasteiger partial charge in [0.05, 0.1) is 19.3 Å². The van der Waals surface area contributed by atoms with E-state index in [-0.39, 0.29) is 6.54 Å². The highest BCUT2D eigenvalue weighted by atomic mass is 35.5. The van der Waals surface area contributed by atoms with Gasteiger partial charge in [0.1, 0.15) is 6.61 Å². The second kappa shape index (κ2) is 12.5. The Bertz CT molecular complexity index is 768. The van der Waals surface area contributed by atoms with Gasteiger partial charge in [0.25, 0.3) is 0 Å². The van der Waals surface area contributed by atoms with Crippen LogP contribution >= 0.6 is 23.2 Å². The molecule has 1 unspecified atom stereocenters. The lowest BCUT2D eigenvalue weighted by molar-refractivity contribution is 0.143. The molecule has 0 fully saturated rings. The predicted molar refractivity (Wildman–Crippen MR) is 116 cm³/mol. The summed E-state index contributed by atoms with van der Waals surface area (Å²) in [5, 5.41) is 17.6. The van der Waals surface area contributed by atoms with Gasteiger partial charge in [0, 0.05) is 42.5 Å². The third-order valence-electron chi connectivity index (χ3n) is 3.83. The van der Waals surface area contributed by atoms with Crippen LogP contribution in [0.1, 0.15) is 24.2 Å². The molecule has 7 nitrogen and oxygen atoms in total. The maximum Gasteiger partial charge on any atom is 0.213 e. The van der Waals surface area contributed by atoms with Crippen molar-refractivity contribution in [3.63, 3.8) is 0 Å². The molecule has 2 rings (SSSR count). The van der Waals surface area contributed by atoms with Crippen molar-refractivity contribution in [1.29, 1.82) is 0 Å². The number of guanidine groups is 1. The topological polar surface area (TPSA) is 88.0 Å². The lowest BCUT2D eigenvalue weighted by Crippen LogP contribution is -2.39. The van der Waals surface area contributed by atoms with E-state index in [2.05, 4.69) is 20.6 Å². The van der Waals surface area contributed by atoms with Gasteiger partial charge >= 0.3 is 0 Å². The van der Waals surface area contributed by atoms with Crippen LogP contribution in [0.25, 0.3) is 0 Å². The van der Waals surface area contributed by atoms with Crippen molar-refractivity contribution in [3.05, 3.63) is 57.7 Å². The lowest BCUT2D eigenvalue weighted by atomic mass is 10.1. The molecular formula is C20H26Cl2N4O3. The van der Waals surface area contributed by atoms with Crippen molar-refractivity contribution >= 4 is 29.2 Å². The molecule has 1 atom stereocenters. The van der Waals surface area contributed by atoms with Crippen molar-refractivity contribution in [1.82, 2.24) is 15.6 Å². The Morgan fingerprint density at radius 3 is 2.55 bits per heavy atom. The molecule has 1 heterocycles. The fourth-order valence-corrected chi connectivity index (χ4v) is 2.95. The van der Waals surface area contributed by atoms with Crippen molar-refractivity contribution in [3.8, 4) is 5.88 Å². The number of aliphatic hydroxyl groups is 1. The fraction of sp³-hybridized carbons (Fsp3) is 0.400. The highest BCUT2D eigenvalue weighted by molar-refractivity contribution is 6.34. The van der Waals surface area contributed by atoms with Gasteiger partial charge in [0.2, 0.25) is 5.88 Å². The van der Waals surface area contributed by atoms with E-state index >= 15 is 0 Å². The molecule has 3 N–H and O–H groups in total. The highest BCUT2D eigenvalue weighted by Gasteiger charge is 2.10. The number of aromatic nitrogens is 1. The standard InChI is InChI=1S/C20H26Cl2N4O3/c1-3-23-20(26-13-18(27)15-8-16(21)10-17(22)9-15)25-12-14-4-5-19(24-11-14)29-7-6-28-2/h4-5,8-11,18,27H,3,6-7,12-13H2,1-2H3,(H2,23,25,26). The highest BCUT2D eigenvalue weighted by Crippen LogP contribution is 2.23. The number of methoxy groups -OCH3 is 1. The summed E-state index contributed by atoms with van der Waals surface area (Å²) >= 11 is 12.0. The Labute approximate surface area is 181 Å². The van der Waals surface area contributed by atoms with Gasteiger partial charge in [-0.15, -0.1) is 0 Å². The van der Waals surface area contributed by atoms with Crippen molar-refractivity contribution in [2.45, 2.75) is 19.6 Å². The average molecular weight is 441 g/mol. The molecule has 0 radical (unpaired) electrons. The van der Waals surface area contributed by atoms with Crippen LogP contribution in [0.4, 0.5) is 0 Å². The summed E-state index contributed by atoms with van der Waals surface area (Å²) in [6, 6.07) is 8.70. The third kappa shape index (κ3) is 8.45. The van der Waals surface area contributed by atoms with Crippen LogP contribution in [0, 0.1) is 0 Å². The number of halogens is 2. The van der Waals surface area contributed by atoms with Crippen LogP contribution < -0.4 is 15.4 Å². The second-order valence-corrected chi connectivity index (χ2v) is 7.01. The van der Waals surface area contributed by atoms with Gasteiger partial charge in [-0.25, -0.2) is 9.98 Å². The van der Waals surface area contributed by atoms with Crippen LogP contribution in [0.15, 0.2) is 41.5 Å². The number of pyridine rings is 1. The van der Waals surface area contributed by atoms with Crippen LogP contribution in [0.5, 0.6) is 5.88 Å². The number of rotatable bonds is 10. The maximum atomic E-state index is 10.4. The maximum absolute atomic E-state index is 10.4. The van der Waals surface area contributed by atoms with E-state index < -0.39 is 6.10 Å². The van der Waals surface area contributed by atoms with Gasteiger partial charge in [-0.2, -0.15) is 0 Å². The largest absolute Gasteiger partial charge is 0.475 e. The number of aliphatic hydroxyl groups excluding tert-OH is 1. The molecule has 0 saturated carbocycles. The van der Waals surface area contributed by atoms with E-state index in [0.717, 1.165) is 5.56 Å². The molecule has 0 bridgehead atoms. The van der Waals surface area contributed by atoms with E-state index in [1.807, 2.05) is 13.0 Å². The first-order chi connectivity index (χ1) is 14.0. The minimum Gasteiger partial charge on any atom is -0.475 e. The Morgan fingerprint density at radius 2 is 1.93 bits per heavy atom. The molecular weight excluding hydrogens is 415 g/mol. The molecule has 0 saturated heterocycles. The molecule has 0 aliphatic heterocycles. The van der Waals surface area contributed by atoms with Crippen LogP contribution in [-0.2, 0) is 11.3 Å². The Morgan fingerprint density at radius 1 is 1.17 bits per heavy atom. The number of nitrogens with zero attached hydrogens (tertiary/aromatic N) is 2. The molecule has 1 aromatic carbocycles. The normalized spacial score (nSPS) is 12.5. The number of ether oxygens (including phenoxy) is 2. The van der Waals surface area contributed by atoms with E-state index in [1.165, 1.54) is 0 Å². The van der Waals surface area contributed by atoms with Crippen LogP contribution in [0.2, 0.25) is 10.0 Å². The van der Waals surface area contributed by atoms with E-state index in [9.17, 15) is 5.11 Å².